The van der Waals surface area contributed by atoms with Gasteiger partial charge in [0, 0.05) is 22.7 Å². The summed E-state index contributed by atoms with van der Waals surface area (Å²) in [7, 11) is -3.43. The van der Waals surface area contributed by atoms with Crippen LogP contribution in [0.25, 0.3) is 33.4 Å². The summed E-state index contributed by atoms with van der Waals surface area (Å²) in [5.41, 5.74) is 48.4. The number of nitrogen functional groups attached to an aromatic ring is 5. The number of alkyl halides is 3. The lowest BCUT2D eigenvalue weighted by Crippen LogP contribution is -2.29. The first-order valence-electron chi connectivity index (χ1n) is 33.1. The number of anilines is 5. The van der Waals surface area contributed by atoms with E-state index in [-0.39, 0.29) is 38.6 Å². The quantitative estimate of drug-likeness (QED) is 0.0632. The fourth-order valence-electron chi connectivity index (χ4n) is 13.8. The highest BCUT2D eigenvalue weighted by atomic mass is 32.2. The van der Waals surface area contributed by atoms with Gasteiger partial charge < -0.3 is 33.8 Å². The van der Waals surface area contributed by atoms with Crippen molar-refractivity contribution in [1.29, 1.82) is 0 Å². The van der Waals surface area contributed by atoms with E-state index in [1.54, 1.807) is 92.7 Å². The van der Waals surface area contributed by atoms with Crippen LogP contribution in [-0.4, -0.2) is 19.5 Å². The number of aryl methyl sites for hydroxylation is 6. The highest BCUT2D eigenvalue weighted by molar-refractivity contribution is 7.91. The Hall–Kier alpha value is -12.1. The van der Waals surface area contributed by atoms with Gasteiger partial charge in [-0.3, -0.25) is 0 Å². The first kappa shape index (κ1) is 72.2. The molecule has 11 N–H and O–H groups in total. The summed E-state index contributed by atoms with van der Waals surface area (Å²) >= 11 is 0. The third-order valence-corrected chi connectivity index (χ3v) is 20.4. The molecule has 0 heterocycles. The van der Waals surface area contributed by atoms with Gasteiger partial charge in [-0.15, -0.1) is 0 Å². The maximum Gasteiger partial charge on any atom is 0.417 e. The highest BCUT2D eigenvalue weighted by Gasteiger charge is 2.48. The van der Waals surface area contributed by atoms with Gasteiger partial charge in [0.15, 0.2) is 0 Å². The van der Waals surface area contributed by atoms with Crippen molar-refractivity contribution < 1.29 is 40.3 Å². The molecule has 2 aliphatic carbocycles. The molecule has 13 aromatic rings. The van der Waals surface area contributed by atoms with Gasteiger partial charge in [0.25, 0.3) is 0 Å². The number of aromatic carboxylic acids is 1. The van der Waals surface area contributed by atoms with E-state index in [1.807, 2.05) is 87.5 Å². The molecule has 103 heavy (non-hydrogen) atoms. The number of halogens is 5. The van der Waals surface area contributed by atoms with Crippen molar-refractivity contribution in [2.75, 3.05) is 28.7 Å². The zero-order chi connectivity index (χ0) is 73.7. The molecule has 0 bridgehead atoms. The van der Waals surface area contributed by atoms with Gasteiger partial charge in [0.05, 0.1) is 37.4 Å². The van der Waals surface area contributed by atoms with E-state index in [4.69, 9.17) is 33.8 Å². The summed E-state index contributed by atoms with van der Waals surface area (Å²) < 4.78 is 93.0. The molecule has 0 atom stereocenters. The molecule has 0 aromatic heterocycles. The lowest BCUT2D eigenvalue weighted by molar-refractivity contribution is -0.137. The van der Waals surface area contributed by atoms with Gasteiger partial charge in [-0.2, -0.15) is 13.2 Å². The minimum absolute atomic E-state index is 0.0959. The molecule has 0 amide bonds. The Labute approximate surface area is 597 Å². The van der Waals surface area contributed by atoms with Crippen molar-refractivity contribution >= 4 is 44.2 Å². The molecule has 15 rings (SSSR count). The Bertz CT molecular complexity index is 5150. The summed E-state index contributed by atoms with van der Waals surface area (Å²) in [6.07, 6.45) is -4.41. The molecule has 518 valence electrons. The van der Waals surface area contributed by atoms with E-state index < -0.39 is 38.8 Å². The molecule has 0 radical (unpaired) electrons. The third-order valence-electron chi connectivity index (χ3n) is 18.7. The molecular formula is C88H76F5N5O4S. The molecule has 13 aromatic carbocycles. The molecule has 0 saturated heterocycles. The van der Waals surface area contributed by atoms with E-state index >= 15 is 0 Å². The van der Waals surface area contributed by atoms with Crippen molar-refractivity contribution in [3.8, 4) is 33.4 Å². The molecule has 0 saturated carbocycles. The van der Waals surface area contributed by atoms with Gasteiger partial charge >= 0.3 is 12.1 Å². The number of benzene rings is 13. The third kappa shape index (κ3) is 14.6. The van der Waals surface area contributed by atoms with Gasteiger partial charge in [-0.05, 0) is 233 Å². The monoisotopic (exact) mass is 1390 g/mol. The van der Waals surface area contributed by atoms with Gasteiger partial charge in [-0.25, -0.2) is 22.0 Å². The second-order valence-corrected chi connectivity index (χ2v) is 27.8. The zero-order valence-corrected chi connectivity index (χ0v) is 58.3. The summed E-state index contributed by atoms with van der Waals surface area (Å²) in [5, 5.41) is 8.58. The lowest BCUT2D eigenvalue weighted by Gasteiger charge is -2.34. The van der Waals surface area contributed by atoms with Gasteiger partial charge in [0.1, 0.15) is 11.6 Å². The standard InChI is InChI=1S/C26H19F2N.C26H21N.C15H14F3N.C13H13NO2S.C8H9NO2/c1-16-10-11-17(14-23(16)27)26(18-12-13-25(29)24(28)15-18)21-8-4-2-6-19(21)20-7-3-5-9-22(20)26;1-18-10-12-19(13-11-18)26(20-14-16-21(27)17-15-20)24-8-4-2-6-22(24)23-7-3-5-9-25(23)26;1-9-3-5-12(10(2)7-9)13-6-4-11(19)8-14(13)15(16,17)18;1-10-2-6-12(7-3-10)17(15,16)13-8-4-11(14)5-9-13;1-5-2-6(8(10)11)4-7(9)3-5/h2-15H,29H2,1H3;2-17H,27H2,1H3;3-8H,19H2,1-2H3;2-9H,14H2,1H3;2-4H,9H2,1H3,(H,10,11). The molecule has 0 fully saturated rings. The number of carboxylic acids is 1. The summed E-state index contributed by atoms with van der Waals surface area (Å²) in [6.45, 7) is 11.3. The van der Waals surface area contributed by atoms with Crippen LogP contribution in [0.2, 0.25) is 0 Å². The van der Waals surface area contributed by atoms with Crippen LogP contribution < -0.4 is 28.7 Å². The topological polar surface area (TPSA) is 202 Å². The van der Waals surface area contributed by atoms with Crippen molar-refractivity contribution in [3.05, 3.63) is 386 Å². The van der Waals surface area contributed by atoms with Crippen LogP contribution in [0, 0.1) is 53.2 Å². The highest BCUT2D eigenvalue weighted by Crippen LogP contribution is 2.58. The number of hydrogen-bond acceptors (Lipinski definition) is 8. The smallest absolute Gasteiger partial charge is 0.417 e. The summed E-state index contributed by atoms with van der Waals surface area (Å²) in [6, 6.07) is 88.2. The van der Waals surface area contributed by atoms with Gasteiger partial charge in [-0.1, -0.05) is 205 Å². The largest absolute Gasteiger partial charge is 0.478 e. The number of carbonyl (C=O) groups is 1. The van der Waals surface area contributed by atoms with Crippen LogP contribution in [-0.2, 0) is 26.8 Å². The summed E-state index contributed by atoms with van der Waals surface area (Å²) in [5.74, 6) is -1.70. The van der Waals surface area contributed by atoms with E-state index in [1.165, 1.54) is 75.3 Å². The molecule has 2 aliphatic rings. The van der Waals surface area contributed by atoms with E-state index in [0.717, 1.165) is 67.4 Å². The molecule has 0 unspecified atom stereocenters. The maximum absolute atomic E-state index is 14.7. The molecular weight excluding hydrogens is 1320 g/mol. The SMILES string of the molecule is Cc1cc(N)cc(C(=O)O)c1.Cc1ccc(-c2ccc(N)cc2C(F)(F)F)c(C)c1.Cc1ccc(C2(c3ccc(N)c(F)c3)c3ccccc3-c3ccccc32)cc1F.Cc1ccc(C2(c3ccc(N)cc3)c3ccccc3-c3ccccc32)cc1.Cc1ccc(S(=O)(=O)c2ccc(N)cc2)cc1. The van der Waals surface area contributed by atoms with E-state index in [9.17, 15) is 35.2 Å². The number of carboxylic acid groups (broad SMARTS) is 1. The van der Waals surface area contributed by atoms with E-state index in [2.05, 4.69) is 104 Å². The Kier molecular flexibility index (Phi) is 20.8. The average molecular weight is 1390 g/mol. The van der Waals surface area contributed by atoms with Crippen LogP contribution in [0.1, 0.15) is 93.8 Å². The van der Waals surface area contributed by atoms with Crippen LogP contribution in [0.15, 0.2) is 295 Å². The minimum atomic E-state index is -4.41. The Morgan fingerprint density at radius 3 is 1.18 bits per heavy atom. The number of rotatable bonds is 8. The van der Waals surface area contributed by atoms with E-state index in [0.29, 0.717) is 27.4 Å². The normalized spacial score (nSPS) is 12.5. The van der Waals surface area contributed by atoms with Crippen molar-refractivity contribution in [2.45, 2.75) is 68.3 Å². The number of fused-ring (bicyclic) bond motifs is 6. The Morgan fingerprint density at radius 2 is 0.738 bits per heavy atom. The second kappa shape index (κ2) is 29.6. The number of nitrogens with two attached hydrogens (primary N) is 5. The number of sulfone groups is 1. The minimum Gasteiger partial charge on any atom is -0.478 e. The van der Waals surface area contributed by atoms with Crippen molar-refractivity contribution in [3.63, 3.8) is 0 Å². The fraction of sp³-hybridized carbons (Fsp3) is 0.102. The zero-order valence-electron chi connectivity index (χ0n) is 57.5. The first-order chi connectivity index (χ1) is 49.1. The molecule has 15 heteroatoms. The van der Waals surface area contributed by atoms with Crippen molar-refractivity contribution in [2.24, 2.45) is 0 Å². The second-order valence-electron chi connectivity index (χ2n) is 25.8. The Morgan fingerprint density at radius 1 is 0.350 bits per heavy atom. The van der Waals surface area contributed by atoms with Crippen molar-refractivity contribution in [1.82, 2.24) is 0 Å². The summed E-state index contributed by atoms with van der Waals surface area (Å²) in [4.78, 5) is 11.0. The van der Waals surface area contributed by atoms with Crippen LogP contribution >= 0.6 is 0 Å². The molecule has 0 spiro atoms. The predicted octanol–water partition coefficient (Wildman–Crippen LogP) is 20.4. The van der Waals surface area contributed by atoms with Crippen LogP contribution in [0.5, 0.6) is 0 Å². The van der Waals surface area contributed by atoms with Crippen LogP contribution in [0.4, 0.5) is 50.4 Å². The maximum atomic E-state index is 14.7. The van der Waals surface area contributed by atoms with Gasteiger partial charge in [0.2, 0.25) is 9.84 Å². The fourth-order valence-corrected chi connectivity index (χ4v) is 15.0. The lowest BCUT2D eigenvalue weighted by atomic mass is 9.67. The predicted molar refractivity (Wildman–Crippen MR) is 407 cm³/mol. The molecule has 9 nitrogen and oxygen atoms in total. The molecule has 0 aliphatic heterocycles. The number of hydrogen-bond donors (Lipinski definition) is 6. The average Bonchev–Trinajstić information content (AvgIpc) is 1.57. The first-order valence-corrected chi connectivity index (χ1v) is 34.6. The van der Waals surface area contributed by atoms with Crippen LogP contribution in [0.3, 0.4) is 0 Å². The Balaban J connectivity index is 0.000000134.